The van der Waals surface area contributed by atoms with Crippen LogP contribution < -0.4 is 15.0 Å². The first kappa shape index (κ1) is 29.4. The largest absolute Gasteiger partial charge is 0.468 e. The van der Waals surface area contributed by atoms with Gasteiger partial charge < -0.3 is 25.0 Å². The third-order valence-electron chi connectivity index (χ3n) is 8.71. The van der Waals surface area contributed by atoms with Gasteiger partial charge in [0.1, 0.15) is 17.2 Å². The van der Waals surface area contributed by atoms with Crippen molar-refractivity contribution in [3.63, 3.8) is 0 Å². The Morgan fingerprint density at radius 2 is 1.86 bits per heavy atom. The molecular weight excluding hydrogens is 564 g/mol. The van der Waals surface area contributed by atoms with Crippen molar-refractivity contribution >= 4 is 44.0 Å². The quantitative estimate of drug-likeness (QED) is 0.238. The van der Waals surface area contributed by atoms with Crippen LogP contribution in [-0.4, -0.2) is 71.1 Å². The number of aliphatic hydroxyl groups is 1. The van der Waals surface area contributed by atoms with E-state index in [1.807, 2.05) is 31.0 Å². The van der Waals surface area contributed by atoms with Gasteiger partial charge in [-0.1, -0.05) is 12.1 Å². The second kappa shape index (κ2) is 11.4. The summed E-state index contributed by atoms with van der Waals surface area (Å²) in [5, 5.41) is 12.9. The number of likely N-dealkylation sites (tertiary alicyclic amines) is 1. The zero-order chi connectivity index (χ0) is 30.5. The van der Waals surface area contributed by atoms with Crippen LogP contribution in [0.3, 0.4) is 0 Å². The van der Waals surface area contributed by atoms with E-state index in [4.69, 9.17) is 14.7 Å². The molecule has 2 aromatic heterocycles. The van der Waals surface area contributed by atoms with Crippen molar-refractivity contribution in [2.45, 2.75) is 69.8 Å². The van der Waals surface area contributed by atoms with E-state index in [1.54, 1.807) is 32.0 Å². The summed E-state index contributed by atoms with van der Waals surface area (Å²) in [5.41, 5.74) is 5.48. The molecule has 4 aromatic rings. The number of H-pyrrole nitrogens is 1. The number of para-hydroxylation sites is 1. The van der Waals surface area contributed by atoms with Gasteiger partial charge in [0.05, 0.1) is 33.5 Å². The van der Waals surface area contributed by atoms with Gasteiger partial charge in [-0.15, -0.1) is 0 Å². The summed E-state index contributed by atoms with van der Waals surface area (Å²) >= 11 is 0. The molecule has 0 amide bonds. The molecule has 11 heteroatoms. The van der Waals surface area contributed by atoms with E-state index in [1.165, 1.54) is 11.1 Å². The summed E-state index contributed by atoms with van der Waals surface area (Å²) in [6.45, 7) is 12.3. The molecule has 228 valence electrons. The molecule has 0 radical (unpaired) electrons. The number of nitrogens with one attached hydrogen (secondary N) is 2. The zero-order valence-electron chi connectivity index (χ0n) is 25.4. The highest BCUT2D eigenvalue weighted by molar-refractivity contribution is 7.92. The van der Waals surface area contributed by atoms with Crippen LogP contribution in [0.25, 0.3) is 11.0 Å². The SMILES string of the molecule is Cc1cc2c(cc1C1CCN(CCO)CC1)OC(C)N2c1nc(Nc2ccccc2S(=O)(=O)C(C)C)c2c(C)c[nH]c2n1. The minimum atomic E-state index is -3.53. The number of aryl methyl sites for hydroxylation is 2. The monoisotopic (exact) mass is 604 g/mol. The number of aromatic amines is 1. The molecule has 2 aliphatic heterocycles. The minimum absolute atomic E-state index is 0.195. The molecule has 2 aliphatic rings. The first-order chi connectivity index (χ1) is 20.6. The van der Waals surface area contributed by atoms with Gasteiger partial charge in [0.15, 0.2) is 16.1 Å². The van der Waals surface area contributed by atoms with Gasteiger partial charge >= 0.3 is 0 Å². The summed E-state index contributed by atoms with van der Waals surface area (Å²) in [7, 11) is -3.53. The highest BCUT2D eigenvalue weighted by Crippen LogP contribution is 2.46. The van der Waals surface area contributed by atoms with Crippen molar-refractivity contribution in [3.05, 3.63) is 59.3 Å². The van der Waals surface area contributed by atoms with E-state index in [9.17, 15) is 13.5 Å². The number of rotatable bonds is 8. The zero-order valence-corrected chi connectivity index (χ0v) is 26.2. The first-order valence-corrected chi connectivity index (χ1v) is 16.5. The fourth-order valence-corrected chi connectivity index (χ4v) is 7.50. The molecule has 4 heterocycles. The van der Waals surface area contributed by atoms with Gasteiger partial charge in [-0.2, -0.15) is 9.97 Å². The molecule has 0 spiro atoms. The van der Waals surface area contributed by atoms with Crippen LogP contribution in [0.4, 0.5) is 23.1 Å². The van der Waals surface area contributed by atoms with Crippen molar-refractivity contribution in [1.82, 2.24) is 19.9 Å². The van der Waals surface area contributed by atoms with Gasteiger partial charge in [-0.05, 0) is 107 Å². The highest BCUT2D eigenvalue weighted by atomic mass is 32.2. The number of aromatic nitrogens is 3. The number of hydrogen-bond donors (Lipinski definition) is 3. The molecule has 10 nitrogen and oxygen atoms in total. The van der Waals surface area contributed by atoms with Crippen LogP contribution in [0.15, 0.2) is 47.5 Å². The molecular formula is C32H40N6O4S. The molecule has 1 fully saturated rings. The number of fused-ring (bicyclic) bond motifs is 2. The predicted octanol–water partition coefficient (Wildman–Crippen LogP) is 5.55. The smallest absolute Gasteiger partial charge is 0.237 e. The standard InChI is InChI=1S/C32H40N6O4S/c1-19(2)43(40,41)28-9-7-6-8-25(28)34-31-29-21(4)18-33-30(29)35-32(36-31)38-22(5)42-27-17-24(20(3)16-26(27)38)23-10-12-37(13-11-23)14-15-39/h6-9,16-19,22-23,39H,10-15H2,1-5H3,(H2,33,34,35,36). The van der Waals surface area contributed by atoms with Crippen molar-refractivity contribution in [1.29, 1.82) is 0 Å². The Bertz CT molecular complexity index is 1760. The van der Waals surface area contributed by atoms with Crippen molar-refractivity contribution in [2.75, 3.05) is 36.5 Å². The van der Waals surface area contributed by atoms with E-state index in [0.717, 1.165) is 54.9 Å². The molecule has 43 heavy (non-hydrogen) atoms. The Hall–Kier alpha value is -3.67. The fourth-order valence-electron chi connectivity index (χ4n) is 6.30. The lowest BCUT2D eigenvalue weighted by Gasteiger charge is -2.32. The van der Waals surface area contributed by atoms with E-state index >= 15 is 0 Å². The Kier molecular flexibility index (Phi) is 7.82. The van der Waals surface area contributed by atoms with Gasteiger partial charge in [-0.25, -0.2) is 8.42 Å². The lowest BCUT2D eigenvalue weighted by molar-refractivity contribution is 0.164. The average molecular weight is 605 g/mol. The normalized spacial score (nSPS) is 17.9. The maximum atomic E-state index is 13.2. The third-order valence-corrected chi connectivity index (χ3v) is 10.9. The van der Waals surface area contributed by atoms with E-state index < -0.39 is 15.1 Å². The van der Waals surface area contributed by atoms with Gasteiger partial charge in [0.2, 0.25) is 5.95 Å². The number of sulfone groups is 1. The summed E-state index contributed by atoms with van der Waals surface area (Å²) < 4.78 is 32.7. The minimum Gasteiger partial charge on any atom is -0.468 e. The lowest BCUT2D eigenvalue weighted by Crippen LogP contribution is -2.35. The Morgan fingerprint density at radius 3 is 2.58 bits per heavy atom. The molecule has 6 rings (SSSR count). The summed E-state index contributed by atoms with van der Waals surface area (Å²) in [6, 6.07) is 11.3. The van der Waals surface area contributed by atoms with Crippen molar-refractivity contribution < 1.29 is 18.3 Å². The van der Waals surface area contributed by atoms with Crippen LogP contribution in [-0.2, 0) is 9.84 Å². The summed E-state index contributed by atoms with van der Waals surface area (Å²) in [6.07, 6.45) is 3.64. The number of nitrogens with zero attached hydrogens (tertiary/aromatic N) is 4. The molecule has 0 aliphatic carbocycles. The molecule has 3 N–H and O–H groups in total. The van der Waals surface area contributed by atoms with Crippen molar-refractivity contribution in [3.8, 4) is 5.75 Å². The third kappa shape index (κ3) is 5.34. The summed E-state index contributed by atoms with van der Waals surface area (Å²) in [5.74, 6) is 2.23. The van der Waals surface area contributed by atoms with Gasteiger partial charge in [0, 0.05) is 12.7 Å². The maximum absolute atomic E-state index is 13.2. The lowest BCUT2D eigenvalue weighted by atomic mass is 9.86. The second-order valence-electron chi connectivity index (χ2n) is 11.9. The van der Waals surface area contributed by atoms with Crippen LogP contribution in [0.1, 0.15) is 56.2 Å². The number of piperidine rings is 1. The molecule has 0 saturated carbocycles. The Balaban J connectivity index is 1.38. The summed E-state index contributed by atoms with van der Waals surface area (Å²) in [4.78, 5) is 17.7. The highest BCUT2D eigenvalue weighted by Gasteiger charge is 2.34. The van der Waals surface area contributed by atoms with Crippen LogP contribution in [0, 0.1) is 13.8 Å². The topological polar surface area (TPSA) is 124 Å². The maximum Gasteiger partial charge on any atom is 0.237 e. The number of aliphatic hydroxyl groups excluding tert-OH is 1. The molecule has 2 aromatic carbocycles. The Morgan fingerprint density at radius 1 is 1.12 bits per heavy atom. The second-order valence-corrected chi connectivity index (χ2v) is 14.4. The van der Waals surface area contributed by atoms with Crippen LogP contribution in [0.5, 0.6) is 5.75 Å². The number of hydrogen-bond acceptors (Lipinski definition) is 9. The van der Waals surface area contributed by atoms with E-state index in [2.05, 4.69) is 34.3 Å². The Labute approximate surface area is 253 Å². The molecule has 1 saturated heterocycles. The van der Waals surface area contributed by atoms with Gasteiger partial charge in [0.25, 0.3) is 0 Å². The number of β-amino-alcohol motifs (C(OH)–C–C–N with tert-alkyl or cyclic N) is 1. The van der Waals surface area contributed by atoms with E-state index in [-0.39, 0.29) is 17.7 Å². The van der Waals surface area contributed by atoms with Crippen LogP contribution in [0.2, 0.25) is 0 Å². The molecule has 1 atom stereocenters. The van der Waals surface area contributed by atoms with Crippen molar-refractivity contribution in [2.24, 2.45) is 0 Å². The van der Waals surface area contributed by atoms with E-state index in [0.29, 0.717) is 29.0 Å². The number of ether oxygens (including phenoxy) is 1. The van der Waals surface area contributed by atoms with Gasteiger partial charge in [-0.3, -0.25) is 4.90 Å². The molecule has 0 bridgehead atoms. The van der Waals surface area contributed by atoms with Crippen LogP contribution >= 0.6 is 0 Å². The number of anilines is 4. The first-order valence-electron chi connectivity index (χ1n) is 15.0. The fraction of sp³-hybridized carbons (Fsp3) is 0.438. The molecule has 1 unspecified atom stereocenters. The predicted molar refractivity (Wildman–Crippen MR) is 170 cm³/mol. The average Bonchev–Trinajstić information content (AvgIpc) is 3.51. The number of benzene rings is 2.